The molecule has 0 aliphatic carbocycles. The monoisotopic (exact) mass is 234 g/mol. The number of allylic oxidation sites excluding steroid dienone is 1. The van der Waals surface area contributed by atoms with Crippen molar-refractivity contribution in [3.05, 3.63) is 42.0 Å². The van der Waals surface area contributed by atoms with Gasteiger partial charge in [0.15, 0.2) is 0 Å². The van der Waals surface area contributed by atoms with Crippen molar-refractivity contribution < 1.29 is 8.78 Å². The van der Waals surface area contributed by atoms with Crippen LogP contribution >= 0.6 is 23.4 Å². The van der Waals surface area contributed by atoms with E-state index in [9.17, 15) is 8.78 Å². The van der Waals surface area contributed by atoms with E-state index in [1.807, 2.05) is 6.08 Å². The predicted molar refractivity (Wildman–Crippen MR) is 56.9 cm³/mol. The summed E-state index contributed by atoms with van der Waals surface area (Å²) in [6, 6.07) is 3.56. The number of halogens is 3. The van der Waals surface area contributed by atoms with Gasteiger partial charge in [0.25, 0.3) is 0 Å². The average molecular weight is 235 g/mol. The van der Waals surface area contributed by atoms with E-state index in [4.69, 9.17) is 11.6 Å². The fourth-order valence-electron chi connectivity index (χ4n) is 0.861. The minimum atomic E-state index is -0.553. The molecule has 0 atom stereocenters. The second-order valence-electron chi connectivity index (χ2n) is 2.51. The normalized spacial score (nSPS) is 11.1. The molecule has 76 valence electrons. The lowest BCUT2D eigenvalue weighted by Gasteiger charge is -1.99. The van der Waals surface area contributed by atoms with Crippen molar-refractivity contribution in [1.82, 2.24) is 0 Å². The first-order chi connectivity index (χ1) is 6.74. The van der Waals surface area contributed by atoms with Gasteiger partial charge in [0.1, 0.15) is 11.6 Å². The molecule has 0 aromatic heterocycles. The lowest BCUT2D eigenvalue weighted by atomic mass is 10.3. The molecule has 0 aliphatic rings. The summed E-state index contributed by atoms with van der Waals surface area (Å²) in [6.07, 6.45) is 3.64. The summed E-state index contributed by atoms with van der Waals surface area (Å²) < 4.78 is 25.6. The summed E-state index contributed by atoms with van der Waals surface area (Å²) in [4.78, 5) is 0.450. The number of alkyl halides is 1. The molecular formula is C10H9ClF2S. The zero-order chi connectivity index (χ0) is 10.4. The van der Waals surface area contributed by atoms with E-state index in [-0.39, 0.29) is 0 Å². The third-order valence-corrected chi connectivity index (χ3v) is 2.66. The first-order valence-electron chi connectivity index (χ1n) is 4.03. The predicted octanol–water partition coefficient (Wildman–Crippen LogP) is 3.85. The van der Waals surface area contributed by atoms with Crippen molar-refractivity contribution in [3.63, 3.8) is 0 Å². The Morgan fingerprint density at radius 3 is 2.71 bits per heavy atom. The molecule has 1 aromatic carbocycles. The maximum absolute atomic E-state index is 13.0. The van der Waals surface area contributed by atoms with Crippen LogP contribution in [0, 0.1) is 11.6 Å². The van der Waals surface area contributed by atoms with Gasteiger partial charge >= 0.3 is 0 Å². The van der Waals surface area contributed by atoms with Crippen molar-refractivity contribution in [3.8, 4) is 0 Å². The molecule has 0 unspecified atom stereocenters. The van der Waals surface area contributed by atoms with Gasteiger partial charge in [0.05, 0.1) is 0 Å². The van der Waals surface area contributed by atoms with E-state index in [1.54, 1.807) is 6.08 Å². The molecule has 1 rings (SSSR count). The van der Waals surface area contributed by atoms with E-state index in [1.165, 1.54) is 23.9 Å². The summed E-state index contributed by atoms with van der Waals surface area (Å²) in [5, 5.41) is 0. The van der Waals surface area contributed by atoms with Crippen LogP contribution in [0.3, 0.4) is 0 Å². The third-order valence-electron chi connectivity index (χ3n) is 1.48. The van der Waals surface area contributed by atoms with Crippen LogP contribution in [0.25, 0.3) is 0 Å². The van der Waals surface area contributed by atoms with Gasteiger partial charge in [-0.15, -0.1) is 23.4 Å². The van der Waals surface area contributed by atoms with Gasteiger partial charge in [-0.1, -0.05) is 12.2 Å². The first kappa shape index (κ1) is 11.5. The Kier molecular flexibility index (Phi) is 4.98. The Labute approximate surface area is 91.0 Å². The van der Waals surface area contributed by atoms with E-state index in [2.05, 4.69) is 0 Å². The topological polar surface area (TPSA) is 0 Å². The van der Waals surface area contributed by atoms with E-state index >= 15 is 0 Å². The molecule has 4 heteroatoms. The lowest BCUT2D eigenvalue weighted by Crippen LogP contribution is -1.84. The average Bonchev–Trinajstić information content (AvgIpc) is 2.15. The molecule has 0 saturated carbocycles. The van der Waals surface area contributed by atoms with Crippen LogP contribution < -0.4 is 0 Å². The largest absolute Gasteiger partial charge is 0.207 e. The maximum Gasteiger partial charge on any atom is 0.139 e. The number of hydrogen-bond acceptors (Lipinski definition) is 1. The summed E-state index contributed by atoms with van der Waals surface area (Å²) in [6.45, 7) is 0. The van der Waals surface area contributed by atoms with E-state index in [0.717, 1.165) is 6.07 Å². The second kappa shape index (κ2) is 6.04. The van der Waals surface area contributed by atoms with Crippen molar-refractivity contribution in [2.75, 3.05) is 11.6 Å². The van der Waals surface area contributed by atoms with Crippen LogP contribution in [0.4, 0.5) is 8.78 Å². The molecule has 0 saturated heterocycles. The Morgan fingerprint density at radius 2 is 2.07 bits per heavy atom. The van der Waals surface area contributed by atoms with Crippen LogP contribution in [-0.2, 0) is 0 Å². The Bertz CT molecular complexity index is 326. The maximum atomic E-state index is 13.0. The van der Waals surface area contributed by atoms with Crippen molar-refractivity contribution >= 4 is 23.4 Å². The highest BCUT2D eigenvalue weighted by molar-refractivity contribution is 7.99. The third kappa shape index (κ3) is 3.68. The standard InChI is InChI=1S/C10H9ClF2S/c11-5-1-2-6-14-10-4-3-8(12)7-9(10)13/h1-4,7H,5-6H2. The minimum Gasteiger partial charge on any atom is -0.207 e. The van der Waals surface area contributed by atoms with Crippen LogP contribution in [0.2, 0.25) is 0 Å². The van der Waals surface area contributed by atoms with Gasteiger partial charge in [-0.05, 0) is 12.1 Å². The minimum absolute atomic E-state index is 0.450. The molecule has 14 heavy (non-hydrogen) atoms. The SMILES string of the molecule is Fc1ccc(SCC=CCCl)c(F)c1. The highest BCUT2D eigenvalue weighted by Gasteiger charge is 2.02. The Balaban J connectivity index is 2.55. The smallest absolute Gasteiger partial charge is 0.139 e. The van der Waals surface area contributed by atoms with E-state index in [0.29, 0.717) is 16.5 Å². The van der Waals surface area contributed by atoms with Crippen LogP contribution in [-0.4, -0.2) is 11.6 Å². The molecule has 0 spiro atoms. The molecule has 0 bridgehead atoms. The number of rotatable bonds is 4. The number of hydrogen-bond donors (Lipinski definition) is 0. The lowest BCUT2D eigenvalue weighted by molar-refractivity contribution is 0.566. The molecule has 0 fully saturated rings. The summed E-state index contributed by atoms with van der Waals surface area (Å²) in [5.74, 6) is 0.0132. The Morgan fingerprint density at radius 1 is 1.29 bits per heavy atom. The highest BCUT2D eigenvalue weighted by atomic mass is 35.5. The second-order valence-corrected chi connectivity index (χ2v) is 3.88. The molecule has 0 heterocycles. The molecule has 0 N–H and O–H groups in total. The summed E-state index contributed by atoms with van der Waals surface area (Å²) in [5.41, 5.74) is 0. The molecule has 0 nitrogen and oxygen atoms in total. The van der Waals surface area contributed by atoms with Crippen LogP contribution in [0.1, 0.15) is 0 Å². The Hall–Kier alpha value is -0.540. The van der Waals surface area contributed by atoms with Gasteiger partial charge in [0, 0.05) is 22.6 Å². The zero-order valence-electron chi connectivity index (χ0n) is 7.34. The van der Waals surface area contributed by atoms with Crippen LogP contribution in [0.15, 0.2) is 35.2 Å². The quantitative estimate of drug-likeness (QED) is 0.433. The zero-order valence-corrected chi connectivity index (χ0v) is 8.92. The van der Waals surface area contributed by atoms with Gasteiger partial charge in [-0.2, -0.15) is 0 Å². The molecule has 0 radical (unpaired) electrons. The van der Waals surface area contributed by atoms with Crippen molar-refractivity contribution in [2.45, 2.75) is 4.90 Å². The first-order valence-corrected chi connectivity index (χ1v) is 5.55. The number of benzene rings is 1. The van der Waals surface area contributed by atoms with Crippen molar-refractivity contribution in [2.24, 2.45) is 0 Å². The highest BCUT2D eigenvalue weighted by Crippen LogP contribution is 2.22. The van der Waals surface area contributed by atoms with E-state index < -0.39 is 11.6 Å². The number of thioether (sulfide) groups is 1. The van der Waals surface area contributed by atoms with Gasteiger partial charge in [-0.3, -0.25) is 0 Å². The molecule has 0 aliphatic heterocycles. The van der Waals surface area contributed by atoms with Gasteiger partial charge in [0.2, 0.25) is 0 Å². The van der Waals surface area contributed by atoms with Crippen LogP contribution in [0.5, 0.6) is 0 Å². The van der Waals surface area contributed by atoms with Gasteiger partial charge < -0.3 is 0 Å². The summed E-state index contributed by atoms with van der Waals surface area (Å²) in [7, 11) is 0. The molecule has 1 aromatic rings. The fraction of sp³-hybridized carbons (Fsp3) is 0.200. The molecule has 0 amide bonds. The van der Waals surface area contributed by atoms with Crippen molar-refractivity contribution in [1.29, 1.82) is 0 Å². The fourth-order valence-corrected chi connectivity index (χ4v) is 1.76. The molecular weight excluding hydrogens is 226 g/mol. The van der Waals surface area contributed by atoms with Gasteiger partial charge in [-0.25, -0.2) is 8.78 Å². The summed E-state index contributed by atoms with van der Waals surface area (Å²) >= 11 is 6.72.